The van der Waals surface area contributed by atoms with Crippen LogP contribution in [0.5, 0.6) is 0 Å². The van der Waals surface area contributed by atoms with Crippen LogP contribution in [0.1, 0.15) is 13.3 Å². The summed E-state index contributed by atoms with van der Waals surface area (Å²) in [5.41, 5.74) is 1.39. The van der Waals surface area contributed by atoms with Gasteiger partial charge in [0.25, 0.3) is 0 Å². The fraction of sp³-hybridized carbons (Fsp3) is 0.273. The summed E-state index contributed by atoms with van der Waals surface area (Å²) in [6, 6.07) is 0. The molecule has 0 unspecified atom stereocenters. The van der Waals surface area contributed by atoms with Crippen molar-refractivity contribution >= 4 is 0 Å². The van der Waals surface area contributed by atoms with E-state index in [0.29, 0.717) is 0 Å². The van der Waals surface area contributed by atoms with Crippen LogP contribution in [0.4, 0.5) is 0 Å². The predicted octanol–water partition coefficient (Wildman–Crippen LogP) is -2.80. The van der Waals surface area contributed by atoms with Gasteiger partial charge in [-0.2, -0.15) is 0 Å². The Bertz CT molecular complexity index is 320. The van der Waals surface area contributed by atoms with E-state index in [1.54, 1.807) is 7.11 Å². The largest absolute Gasteiger partial charge is 0.222 e. The zero-order valence-electron chi connectivity index (χ0n) is 10.9. The Labute approximate surface area is 135 Å². The summed E-state index contributed by atoms with van der Waals surface area (Å²) < 4.78 is 61.5. The average molecular weight is 362 g/mol. The van der Waals surface area contributed by atoms with E-state index in [9.17, 15) is 0 Å². The first-order valence-corrected chi connectivity index (χ1v) is 5.54. The molecule has 0 saturated carbocycles. The molecule has 21 heavy (non-hydrogen) atoms. The normalized spacial score (nSPS) is 10.7. The summed E-state index contributed by atoms with van der Waals surface area (Å²) in [5.74, 6) is 0.973. The zero-order chi connectivity index (χ0) is 17.2. The predicted molar refractivity (Wildman–Crippen MR) is 49.6 cm³/mol. The SMILES string of the molecule is COC1=CCC(C)=C[CH+]1.[C-]#[O+].[C-]#[O+].[C-]#[O+].[Fe].[O-][Cl+3]([O-])([O-])[O-]. The average Bonchev–Trinajstić information content (AvgIpc) is 2.44. The summed E-state index contributed by atoms with van der Waals surface area (Å²) in [6.07, 6.45) is 7.17. The van der Waals surface area contributed by atoms with Gasteiger partial charge in [-0.3, -0.25) is 0 Å². The molecule has 0 heterocycles. The van der Waals surface area contributed by atoms with Gasteiger partial charge in [-0.1, -0.05) is 0 Å². The molecule has 0 amide bonds. The Morgan fingerprint density at radius 2 is 1.43 bits per heavy atom. The second-order valence-corrected chi connectivity index (χ2v) is 3.33. The molecule has 118 valence electrons. The van der Waals surface area contributed by atoms with Crippen molar-refractivity contribution in [3.05, 3.63) is 49.9 Å². The molecule has 1 aliphatic rings. The summed E-state index contributed by atoms with van der Waals surface area (Å²) in [5, 5.41) is 0. The minimum absolute atomic E-state index is 0. The van der Waals surface area contributed by atoms with E-state index in [0.717, 1.165) is 12.2 Å². The first-order chi connectivity index (χ1) is 9.33. The zero-order valence-corrected chi connectivity index (χ0v) is 12.8. The Balaban J connectivity index is -0.0000000618. The van der Waals surface area contributed by atoms with Crippen LogP contribution in [0.15, 0.2) is 23.5 Å². The number of methoxy groups -OCH3 is 1. The Hall–Kier alpha value is -0.981. The van der Waals surface area contributed by atoms with E-state index >= 15 is 0 Å². The van der Waals surface area contributed by atoms with Gasteiger partial charge in [0.15, 0.2) is 0 Å². The number of hydrogen-bond donors (Lipinski definition) is 0. The van der Waals surface area contributed by atoms with Crippen molar-refractivity contribution < 1.29 is 64.6 Å². The smallest absolute Gasteiger partial charge is 0 e. The minimum Gasteiger partial charge on any atom is -0.222 e. The van der Waals surface area contributed by atoms with Gasteiger partial charge in [-0.05, 0) is 0 Å². The van der Waals surface area contributed by atoms with Crippen LogP contribution >= 0.6 is 0 Å². The molecule has 0 aliphatic heterocycles. The van der Waals surface area contributed by atoms with Crippen molar-refractivity contribution in [2.75, 3.05) is 7.11 Å². The molecule has 0 atom stereocenters. The second-order valence-electron chi connectivity index (χ2n) is 2.57. The van der Waals surface area contributed by atoms with Gasteiger partial charge in [0.1, 0.15) is 0 Å². The number of rotatable bonds is 1. The van der Waals surface area contributed by atoms with Crippen LogP contribution in [-0.2, 0) is 35.8 Å². The van der Waals surface area contributed by atoms with Crippen molar-refractivity contribution in [2.24, 2.45) is 0 Å². The molecule has 8 nitrogen and oxygen atoms in total. The molecule has 0 aromatic rings. The number of hydrogen-bond acceptors (Lipinski definition) is 5. The Kier molecular flexibility index (Phi) is 36.8. The molecule has 0 N–H and O–H groups in total. The topological polar surface area (TPSA) is 161 Å². The quantitative estimate of drug-likeness (QED) is 0.279. The molecule has 0 bridgehead atoms. The van der Waals surface area contributed by atoms with Gasteiger partial charge in [0.2, 0.25) is 5.76 Å². The molecule has 0 spiro atoms. The molecule has 0 saturated heterocycles. The summed E-state index contributed by atoms with van der Waals surface area (Å²) in [7, 11) is -3.25. The van der Waals surface area contributed by atoms with Crippen LogP contribution in [0.3, 0.4) is 0 Å². The van der Waals surface area contributed by atoms with Crippen LogP contribution in [0.25, 0.3) is 0 Å². The third-order valence-corrected chi connectivity index (χ3v) is 1.39. The van der Waals surface area contributed by atoms with E-state index in [1.807, 2.05) is 6.42 Å². The number of allylic oxidation sites excluding steroid dienone is 3. The van der Waals surface area contributed by atoms with Crippen LogP contribution < -0.4 is 18.6 Å². The number of ether oxygens (including phenoxy) is 1. The second kappa shape index (κ2) is 24.1. The van der Waals surface area contributed by atoms with Crippen LogP contribution in [0, 0.1) is 36.6 Å². The van der Waals surface area contributed by atoms with Gasteiger partial charge >= 0.3 is 33.9 Å². The fourth-order valence-electron chi connectivity index (χ4n) is 0.773. The molecule has 0 aromatic heterocycles. The number of halogens is 1. The maximum Gasteiger partial charge on any atom is 0 e. The first-order valence-electron chi connectivity index (χ1n) is 4.30. The molecule has 0 aromatic carbocycles. The fourth-order valence-corrected chi connectivity index (χ4v) is 0.773. The van der Waals surface area contributed by atoms with Crippen molar-refractivity contribution in [3.63, 3.8) is 0 Å². The first kappa shape index (κ1) is 32.1. The summed E-state index contributed by atoms with van der Waals surface area (Å²) in [4.78, 5) is 0. The molecular formula is C11H11ClFeO8. The summed E-state index contributed by atoms with van der Waals surface area (Å²) >= 11 is 0. The Morgan fingerprint density at radius 3 is 1.62 bits per heavy atom. The van der Waals surface area contributed by atoms with Gasteiger partial charge < -0.3 is 4.74 Å². The van der Waals surface area contributed by atoms with Crippen molar-refractivity contribution in [1.82, 2.24) is 0 Å². The van der Waals surface area contributed by atoms with Gasteiger partial charge in [-0.15, -0.1) is 10.2 Å². The molecule has 0 radical (unpaired) electrons. The molecule has 0 fully saturated rings. The van der Waals surface area contributed by atoms with Crippen molar-refractivity contribution in [2.45, 2.75) is 13.3 Å². The third-order valence-electron chi connectivity index (χ3n) is 1.39. The van der Waals surface area contributed by atoms with Gasteiger partial charge in [0.05, 0.1) is 32.1 Å². The maximum atomic E-state index is 8.49. The minimum atomic E-state index is -4.94. The standard InChI is InChI=1S/C8H11O.3CO.ClHO4.Fe/c1-7-3-5-8(9-2)6-4-7;3*1-2;2-1(3,4)5;/h3,5-6H,4H2,1-2H3;;;;(H,2,3,4,5);/q+1;;;;;/p-1. The van der Waals surface area contributed by atoms with Crippen molar-refractivity contribution in [1.29, 1.82) is 0 Å². The summed E-state index contributed by atoms with van der Waals surface area (Å²) in [6.45, 7) is 15.6. The van der Waals surface area contributed by atoms with Crippen LogP contribution in [0.2, 0.25) is 0 Å². The molecule has 1 aliphatic carbocycles. The van der Waals surface area contributed by atoms with E-state index in [2.05, 4.69) is 39.0 Å². The molecular weight excluding hydrogens is 351 g/mol. The Morgan fingerprint density at radius 1 is 1.10 bits per heavy atom. The third kappa shape index (κ3) is 45.4. The molecule has 1 rings (SSSR count). The van der Waals surface area contributed by atoms with Crippen LogP contribution in [-0.4, -0.2) is 7.11 Å². The van der Waals surface area contributed by atoms with E-state index in [-0.39, 0.29) is 17.1 Å². The van der Waals surface area contributed by atoms with Gasteiger partial charge in [-0.25, -0.2) is 18.6 Å². The van der Waals surface area contributed by atoms with E-state index in [1.165, 1.54) is 5.57 Å². The van der Waals surface area contributed by atoms with Crippen molar-refractivity contribution in [3.8, 4) is 0 Å². The molecule has 10 heteroatoms. The maximum absolute atomic E-state index is 8.49. The van der Waals surface area contributed by atoms with E-state index in [4.69, 9.17) is 37.3 Å². The monoisotopic (exact) mass is 362 g/mol. The van der Waals surface area contributed by atoms with E-state index < -0.39 is 10.2 Å². The van der Waals surface area contributed by atoms with Gasteiger partial charge in [0, 0.05) is 29.6 Å².